The second-order valence-corrected chi connectivity index (χ2v) is 7.33. The largest absolute Gasteiger partial charge is 0.312 e. The van der Waals surface area contributed by atoms with E-state index in [2.05, 4.69) is 39.9 Å². The molecule has 1 N–H and O–H groups in total. The van der Waals surface area contributed by atoms with Crippen LogP contribution in [0.3, 0.4) is 0 Å². The van der Waals surface area contributed by atoms with Gasteiger partial charge in [-0.15, -0.1) is 0 Å². The van der Waals surface area contributed by atoms with Crippen LogP contribution in [0.5, 0.6) is 0 Å². The van der Waals surface area contributed by atoms with Gasteiger partial charge in [-0.3, -0.25) is 0 Å². The van der Waals surface area contributed by atoms with E-state index >= 15 is 0 Å². The highest BCUT2D eigenvalue weighted by molar-refractivity contribution is 4.84. The van der Waals surface area contributed by atoms with E-state index in [4.69, 9.17) is 0 Å². The van der Waals surface area contributed by atoms with Crippen molar-refractivity contribution in [1.82, 2.24) is 5.32 Å². The lowest BCUT2D eigenvalue weighted by Gasteiger charge is -2.35. The maximum Gasteiger partial charge on any atom is 0.0153 e. The second kappa shape index (κ2) is 13.6. The predicted octanol–water partition coefficient (Wildman–Crippen LogP) is 6.71. The van der Waals surface area contributed by atoms with E-state index in [0.29, 0.717) is 5.54 Å². The third-order valence-corrected chi connectivity index (χ3v) is 5.05. The number of hydrogen-bond donors (Lipinski definition) is 1. The average Bonchev–Trinajstić information content (AvgIpc) is 2.44. The number of unbranched alkanes of at least 4 members (excludes halogenated alkanes) is 9. The van der Waals surface area contributed by atoms with Crippen molar-refractivity contribution in [2.75, 3.05) is 6.54 Å². The molecule has 0 amide bonds. The zero-order valence-corrected chi connectivity index (χ0v) is 15.8. The summed E-state index contributed by atoms with van der Waals surface area (Å²) in [4.78, 5) is 0. The Hall–Kier alpha value is -0.0400. The Morgan fingerprint density at radius 2 is 1.19 bits per heavy atom. The first-order valence-corrected chi connectivity index (χ1v) is 9.83. The van der Waals surface area contributed by atoms with Crippen LogP contribution in [0.2, 0.25) is 0 Å². The van der Waals surface area contributed by atoms with Crippen LogP contribution in [-0.4, -0.2) is 12.1 Å². The topological polar surface area (TPSA) is 12.0 Å². The Balaban J connectivity index is 3.52. The summed E-state index contributed by atoms with van der Waals surface area (Å²) in [5, 5.41) is 3.66. The Morgan fingerprint density at radius 3 is 1.62 bits per heavy atom. The van der Waals surface area contributed by atoms with E-state index in [1.165, 1.54) is 77.0 Å². The molecule has 0 rings (SSSR count). The molecular formula is C20H43N. The maximum absolute atomic E-state index is 3.66. The lowest BCUT2D eigenvalue weighted by Crippen LogP contribution is -2.45. The van der Waals surface area contributed by atoms with Gasteiger partial charge in [-0.2, -0.15) is 0 Å². The molecule has 1 atom stereocenters. The molecule has 0 aromatic carbocycles. The quantitative estimate of drug-likeness (QED) is 0.331. The van der Waals surface area contributed by atoms with Crippen molar-refractivity contribution in [3.8, 4) is 0 Å². The highest BCUT2D eigenvalue weighted by Gasteiger charge is 2.26. The monoisotopic (exact) mass is 297 g/mol. The van der Waals surface area contributed by atoms with Gasteiger partial charge in [-0.05, 0) is 32.7 Å². The van der Waals surface area contributed by atoms with Crippen molar-refractivity contribution >= 4 is 0 Å². The molecule has 21 heavy (non-hydrogen) atoms. The fraction of sp³-hybridized carbons (Fsp3) is 1.00. The van der Waals surface area contributed by atoms with Crippen LogP contribution in [0.15, 0.2) is 0 Å². The molecule has 0 aromatic rings. The first-order valence-electron chi connectivity index (χ1n) is 9.83. The molecule has 0 saturated heterocycles. The second-order valence-electron chi connectivity index (χ2n) is 7.33. The van der Waals surface area contributed by atoms with Crippen LogP contribution >= 0.6 is 0 Å². The Morgan fingerprint density at radius 1 is 0.714 bits per heavy atom. The van der Waals surface area contributed by atoms with Gasteiger partial charge in [0.2, 0.25) is 0 Å². The van der Waals surface area contributed by atoms with E-state index in [1.807, 2.05) is 0 Å². The van der Waals surface area contributed by atoms with Gasteiger partial charge in [0, 0.05) is 5.54 Å². The van der Waals surface area contributed by atoms with E-state index in [1.54, 1.807) is 0 Å². The number of rotatable bonds is 15. The van der Waals surface area contributed by atoms with Gasteiger partial charge in [-0.1, -0.05) is 91.4 Å². The van der Waals surface area contributed by atoms with Crippen molar-refractivity contribution in [2.45, 2.75) is 117 Å². The van der Waals surface area contributed by atoms with Gasteiger partial charge in [-0.25, -0.2) is 0 Å². The summed E-state index contributed by atoms with van der Waals surface area (Å²) in [6.45, 7) is 12.7. The molecule has 1 heteroatoms. The average molecular weight is 298 g/mol. The summed E-state index contributed by atoms with van der Waals surface area (Å²) in [5.41, 5.74) is 0.308. The Kier molecular flexibility index (Phi) is 13.6. The van der Waals surface area contributed by atoms with E-state index < -0.39 is 0 Å². The molecule has 1 nitrogen and oxygen atoms in total. The van der Waals surface area contributed by atoms with Crippen LogP contribution in [-0.2, 0) is 0 Å². The maximum atomic E-state index is 3.66. The van der Waals surface area contributed by atoms with E-state index in [9.17, 15) is 0 Å². The van der Waals surface area contributed by atoms with Gasteiger partial charge in [0.25, 0.3) is 0 Å². The van der Waals surface area contributed by atoms with Crippen molar-refractivity contribution in [2.24, 2.45) is 5.92 Å². The Labute approximate surface area is 135 Å². The minimum atomic E-state index is 0.308. The van der Waals surface area contributed by atoms with Crippen molar-refractivity contribution in [1.29, 1.82) is 0 Å². The van der Waals surface area contributed by atoms with Gasteiger partial charge in [0.05, 0.1) is 0 Å². The van der Waals surface area contributed by atoms with E-state index in [-0.39, 0.29) is 0 Å². The van der Waals surface area contributed by atoms with Gasteiger partial charge >= 0.3 is 0 Å². The Bertz CT molecular complexity index is 210. The van der Waals surface area contributed by atoms with Crippen molar-refractivity contribution in [3.63, 3.8) is 0 Å². The normalized spacial score (nSPS) is 13.6. The van der Waals surface area contributed by atoms with Gasteiger partial charge in [0.1, 0.15) is 0 Å². The van der Waals surface area contributed by atoms with Crippen LogP contribution in [0.1, 0.15) is 112 Å². The molecule has 0 fully saturated rings. The van der Waals surface area contributed by atoms with Gasteiger partial charge < -0.3 is 5.32 Å². The standard InChI is InChI=1S/C20H43N/c1-6-9-10-11-12-13-14-15-16-17-18-19(7-2)20(4,5)21-8-3/h19,21H,6-18H2,1-5H3. The van der Waals surface area contributed by atoms with Crippen LogP contribution in [0, 0.1) is 5.92 Å². The summed E-state index contributed by atoms with van der Waals surface area (Å²) >= 11 is 0. The lowest BCUT2D eigenvalue weighted by atomic mass is 9.81. The van der Waals surface area contributed by atoms with Crippen LogP contribution in [0.4, 0.5) is 0 Å². The van der Waals surface area contributed by atoms with Crippen LogP contribution < -0.4 is 5.32 Å². The molecule has 0 aliphatic carbocycles. The summed E-state index contributed by atoms with van der Waals surface area (Å²) in [5.74, 6) is 0.825. The predicted molar refractivity (Wildman–Crippen MR) is 98.0 cm³/mol. The molecule has 0 aromatic heterocycles. The molecule has 0 spiro atoms. The fourth-order valence-electron chi connectivity index (χ4n) is 3.55. The molecular weight excluding hydrogens is 254 g/mol. The minimum Gasteiger partial charge on any atom is -0.312 e. The summed E-state index contributed by atoms with van der Waals surface area (Å²) in [6, 6.07) is 0. The molecule has 0 bridgehead atoms. The first kappa shape index (κ1) is 21.0. The summed E-state index contributed by atoms with van der Waals surface area (Å²) < 4.78 is 0. The third kappa shape index (κ3) is 11.2. The minimum absolute atomic E-state index is 0.308. The molecule has 1 unspecified atom stereocenters. The highest BCUT2D eigenvalue weighted by atomic mass is 15.0. The molecule has 0 aliphatic heterocycles. The van der Waals surface area contributed by atoms with Crippen molar-refractivity contribution < 1.29 is 0 Å². The smallest absolute Gasteiger partial charge is 0.0153 e. The zero-order chi connectivity index (χ0) is 16.0. The first-order chi connectivity index (χ1) is 10.1. The molecule has 0 heterocycles. The summed E-state index contributed by atoms with van der Waals surface area (Å²) in [6.07, 6.45) is 17.1. The number of hydrogen-bond acceptors (Lipinski definition) is 1. The van der Waals surface area contributed by atoms with Crippen molar-refractivity contribution in [3.05, 3.63) is 0 Å². The third-order valence-electron chi connectivity index (χ3n) is 5.05. The molecule has 0 aliphatic rings. The summed E-state index contributed by atoms with van der Waals surface area (Å²) in [7, 11) is 0. The van der Waals surface area contributed by atoms with Crippen LogP contribution in [0.25, 0.3) is 0 Å². The number of nitrogens with one attached hydrogen (secondary N) is 1. The zero-order valence-electron chi connectivity index (χ0n) is 15.8. The SMILES string of the molecule is CCCCCCCCCCCCC(CC)C(C)(C)NCC. The highest BCUT2D eigenvalue weighted by Crippen LogP contribution is 2.26. The van der Waals surface area contributed by atoms with Gasteiger partial charge in [0.15, 0.2) is 0 Å². The molecule has 0 radical (unpaired) electrons. The lowest BCUT2D eigenvalue weighted by molar-refractivity contribution is 0.230. The fourth-order valence-corrected chi connectivity index (χ4v) is 3.55. The molecule has 0 saturated carbocycles. The van der Waals surface area contributed by atoms with E-state index in [0.717, 1.165) is 12.5 Å². The molecule has 128 valence electrons.